The number of aromatic nitrogens is 3. The van der Waals surface area contributed by atoms with Crippen LogP contribution in [0.15, 0.2) is 15.9 Å². The van der Waals surface area contributed by atoms with Gasteiger partial charge in [0.2, 0.25) is 0 Å². The molecular formula is C9H12Cl2N3O7P. The predicted octanol–water partition coefficient (Wildman–Crippen LogP) is -0.837. The van der Waals surface area contributed by atoms with E-state index in [1.807, 2.05) is 0 Å². The zero-order valence-electron chi connectivity index (χ0n) is 11.1. The Hall–Kier alpha value is -0.740. The SMILES string of the molecule is Cn1c(=O)ncn([C@@H]2O[C@H](COP(=O)(Cl)Cl)C(O)[C@@H]2O)c1=O. The van der Waals surface area contributed by atoms with Gasteiger partial charge in [0.1, 0.15) is 24.6 Å². The highest BCUT2D eigenvalue weighted by Gasteiger charge is 2.45. The van der Waals surface area contributed by atoms with Crippen LogP contribution in [0.4, 0.5) is 0 Å². The topological polar surface area (TPSA) is 133 Å². The first-order valence-corrected chi connectivity index (χ1v) is 9.35. The molecule has 1 unspecified atom stereocenters. The van der Waals surface area contributed by atoms with Crippen LogP contribution in [-0.4, -0.2) is 49.3 Å². The van der Waals surface area contributed by atoms with E-state index in [9.17, 15) is 24.4 Å². The van der Waals surface area contributed by atoms with Gasteiger partial charge in [-0.3, -0.25) is 9.13 Å². The Labute approximate surface area is 132 Å². The van der Waals surface area contributed by atoms with Gasteiger partial charge in [-0.25, -0.2) is 14.2 Å². The first-order valence-electron chi connectivity index (χ1n) is 5.91. The molecule has 13 heteroatoms. The van der Waals surface area contributed by atoms with Crippen LogP contribution in [0.1, 0.15) is 6.23 Å². The minimum Gasteiger partial charge on any atom is -0.387 e. The summed E-state index contributed by atoms with van der Waals surface area (Å²) in [4.78, 5) is 26.6. The third-order valence-electron chi connectivity index (χ3n) is 3.09. The molecule has 1 saturated heterocycles. The fraction of sp³-hybridized carbons (Fsp3) is 0.667. The van der Waals surface area contributed by atoms with Gasteiger partial charge < -0.3 is 19.5 Å². The molecule has 1 fully saturated rings. The first-order chi connectivity index (χ1) is 10.1. The largest absolute Gasteiger partial charge is 0.387 e. The molecule has 0 radical (unpaired) electrons. The standard InChI is InChI=1S/C9H12Cl2N3O7P/c1-13-8(17)12-3-14(9(13)18)7-6(16)5(15)4(21-7)2-20-22(10,11)19/h3-7,15-16H,2H2,1H3/t4-,5?,6+,7-/m1/s1. The molecule has 0 saturated carbocycles. The molecule has 2 N–H and O–H groups in total. The number of aliphatic hydroxyl groups excluding tert-OH is 2. The van der Waals surface area contributed by atoms with E-state index in [1.165, 1.54) is 7.05 Å². The van der Waals surface area contributed by atoms with Crippen LogP contribution in [-0.2, 0) is 20.9 Å². The minimum absolute atomic E-state index is 0.465. The van der Waals surface area contributed by atoms with Crippen molar-refractivity contribution in [2.45, 2.75) is 24.5 Å². The van der Waals surface area contributed by atoms with Crippen molar-refractivity contribution in [1.29, 1.82) is 0 Å². The molecule has 0 aromatic carbocycles. The molecule has 1 aromatic heterocycles. The van der Waals surface area contributed by atoms with E-state index in [-0.39, 0.29) is 0 Å². The Balaban J connectivity index is 2.24. The van der Waals surface area contributed by atoms with Crippen molar-refractivity contribution in [2.24, 2.45) is 7.05 Å². The van der Waals surface area contributed by atoms with Crippen molar-refractivity contribution < 1.29 is 24.0 Å². The van der Waals surface area contributed by atoms with E-state index in [2.05, 4.69) is 9.51 Å². The normalized spacial score (nSPS) is 29.0. The maximum absolute atomic E-state index is 11.9. The zero-order chi connectivity index (χ0) is 16.7. The number of aliphatic hydroxyl groups is 2. The quantitative estimate of drug-likeness (QED) is 0.651. The average Bonchev–Trinajstić information content (AvgIpc) is 2.70. The van der Waals surface area contributed by atoms with E-state index in [0.717, 1.165) is 10.9 Å². The van der Waals surface area contributed by atoms with Crippen molar-refractivity contribution >= 4 is 28.6 Å². The van der Waals surface area contributed by atoms with Crippen LogP contribution >= 0.6 is 28.6 Å². The monoisotopic (exact) mass is 375 g/mol. The minimum atomic E-state index is -3.83. The number of hydrogen-bond acceptors (Lipinski definition) is 8. The highest BCUT2D eigenvalue weighted by atomic mass is 35.9. The van der Waals surface area contributed by atoms with Gasteiger partial charge in [0.15, 0.2) is 6.23 Å². The molecular weight excluding hydrogens is 364 g/mol. The highest BCUT2D eigenvalue weighted by molar-refractivity contribution is 8.05. The van der Waals surface area contributed by atoms with Gasteiger partial charge in [0.05, 0.1) is 6.61 Å². The number of hydrogen-bond donors (Lipinski definition) is 2. The van der Waals surface area contributed by atoms with Gasteiger partial charge >= 0.3 is 17.5 Å². The first kappa shape index (κ1) is 17.6. The molecule has 0 spiro atoms. The highest BCUT2D eigenvalue weighted by Crippen LogP contribution is 2.57. The second-order valence-corrected chi connectivity index (χ2v) is 8.81. The lowest BCUT2D eigenvalue weighted by atomic mass is 10.1. The molecule has 0 bridgehead atoms. The molecule has 10 nitrogen and oxygen atoms in total. The maximum atomic E-state index is 11.9. The van der Waals surface area contributed by atoms with Gasteiger partial charge in [0.25, 0.3) is 0 Å². The molecule has 1 aliphatic heterocycles. The summed E-state index contributed by atoms with van der Waals surface area (Å²) in [6, 6.07) is 0. The molecule has 0 amide bonds. The summed E-state index contributed by atoms with van der Waals surface area (Å²) in [6.45, 7) is -0.465. The van der Waals surface area contributed by atoms with Crippen LogP contribution in [0, 0.1) is 0 Å². The lowest BCUT2D eigenvalue weighted by Crippen LogP contribution is -2.43. The lowest BCUT2D eigenvalue weighted by molar-refractivity contribution is -0.0519. The fourth-order valence-corrected chi connectivity index (χ4v) is 2.59. The molecule has 1 aromatic rings. The summed E-state index contributed by atoms with van der Waals surface area (Å²) in [5.41, 5.74) is -1.57. The summed E-state index contributed by atoms with van der Waals surface area (Å²) in [6.07, 6.45) is -8.33. The molecule has 4 atom stereocenters. The van der Waals surface area contributed by atoms with Crippen LogP contribution in [0.5, 0.6) is 0 Å². The Morgan fingerprint density at radius 3 is 2.64 bits per heavy atom. The summed E-state index contributed by atoms with van der Waals surface area (Å²) in [7, 11) is 1.20. The van der Waals surface area contributed by atoms with Gasteiger partial charge in [0, 0.05) is 7.05 Å². The predicted molar refractivity (Wildman–Crippen MR) is 74.9 cm³/mol. The second-order valence-electron chi connectivity index (χ2n) is 4.53. The van der Waals surface area contributed by atoms with E-state index >= 15 is 0 Å². The van der Waals surface area contributed by atoms with E-state index in [0.29, 0.717) is 4.57 Å². The summed E-state index contributed by atoms with van der Waals surface area (Å²) >= 11 is 10.4. The van der Waals surface area contributed by atoms with Crippen LogP contribution in [0.2, 0.25) is 0 Å². The van der Waals surface area contributed by atoms with Gasteiger partial charge in [-0.05, 0) is 22.5 Å². The van der Waals surface area contributed by atoms with E-state index in [4.69, 9.17) is 27.2 Å². The summed E-state index contributed by atoms with van der Waals surface area (Å²) in [5.74, 6) is 0. The number of nitrogens with zero attached hydrogens (tertiary/aromatic N) is 3. The van der Waals surface area contributed by atoms with Crippen molar-refractivity contribution in [3.05, 3.63) is 27.3 Å². The number of rotatable bonds is 4. The smallest absolute Gasteiger partial charge is 0.380 e. The zero-order valence-corrected chi connectivity index (χ0v) is 13.5. The molecule has 1 aliphatic rings. The van der Waals surface area contributed by atoms with Crippen molar-refractivity contribution in [2.75, 3.05) is 6.61 Å². The Morgan fingerprint density at radius 1 is 1.41 bits per heavy atom. The van der Waals surface area contributed by atoms with Crippen molar-refractivity contribution in [1.82, 2.24) is 14.1 Å². The molecule has 124 valence electrons. The summed E-state index contributed by atoms with van der Waals surface area (Å²) < 4.78 is 22.5. The molecule has 0 aliphatic carbocycles. The van der Waals surface area contributed by atoms with Gasteiger partial charge in [-0.15, -0.1) is 0 Å². The molecule has 2 heterocycles. The maximum Gasteiger partial charge on any atom is 0.380 e. The van der Waals surface area contributed by atoms with Crippen LogP contribution in [0.3, 0.4) is 0 Å². The Kier molecular flexibility index (Phi) is 5.13. The Bertz CT molecular complexity index is 716. The van der Waals surface area contributed by atoms with Crippen LogP contribution < -0.4 is 11.4 Å². The third-order valence-corrected chi connectivity index (χ3v) is 4.12. The van der Waals surface area contributed by atoms with E-state index < -0.39 is 48.6 Å². The van der Waals surface area contributed by atoms with Crippen molar-refractivity contribution in [3.63, 3.8) is 0 Å². The van der Waals surface area contributed by atoms with Crippen LogP contribution in [0.25, 0.3) is 0 Å². The fourth-order valence-electron chi connectivity index (χ4n) is 1.93. The number of ether oxygens (including phenoxy) is 1. The van der Waals surface area contributed by atoms with Gasteiger partial charge in [-0.2, -0.15) is 4.98 Å². The summed E-state index contributed by atoms with van der Waals surface area (Å²) in [5, 5.41) is 19.8. The molecule has 2 rings (SSSR count). The third kappa shape index (κ3) is 3.60. The lowest BCUT2D eigenvalue weighted by Gasteiger charge is -2.17. The Morgan fingerprint density at radius 2 is 2.05 bits per heavy atom. The van der Waals surface area contributed by atoms with Crippen molar-refractivity contribution in [3.8, 4) is 0 Å². The average molecular weight is 376 g/mol. The second kappa shape index (κ2) is 6.40. The van der Waals surface area contributed by atoms with E-state index in [1.54, 1.807) is 0 Å². The molecule has 22 heavy (non-hydrogen) atoms. The van der Waals surface area contributed by atoms with Gasteiger partial charge in [-0.1, -0.05) is 0 Å². The number of halogens is 2.